The van der Waals surface area contributed by atoms with E-state index >= 15 is 0 Å². The van der Waals surface area contributed by atoms with Crippen LogP contribution >= 0.6 is 0 Å². The minimum atomic E-state index is -5.06. The second-order valence-corrected chi connectivity index (χ2v) is 11.7. The van der Waals surface area contributed by atoms with Crippen LogP contribution in [-0.4, -0.2) is 46.2 Å². The second kappa shape index (κ2) is 9.62. The summed E-state index contributed by atoms with van der Waals surface area (Å²) in [5.41, 5.74) is -3.31. The van der Waals surface area contributed by atoms with E-state index in [1.807, 2.05) is 0 Å². The van der Waals surface area contributed by atoms with Gasteiger partial charge in [-0.25, -0.2) is 26.8 Å². The Morgan fingerprint density at radius 1 is 1.05 bits per heavy atom. The maximum Gasteiger partial charge on any atom is 0.435 e. The van der Waals surface area contributed by atoms with Gasteiger partial charge < -0.3 is 10.1 Å². The smallest absolute Gasteiger partial charge is 0.415 e. The fraction of sp³-hybridized carbons (Fsp3) is 0.200. The number of anilines is 1. The molecule has 0 bridgehead atoms. The Kier molecular flexibility index (Phi) is 7.24. The van der Waals surface area contributed by atoms with Crippen molar-refractivity contribution in [1.82, 2.24) is 15.2 Å². The van der Waals surface area contributed by atoms with E-state index < -0.39 is 76.8 Å². The van der Waals surface area contributed by atoms with E-state index in [0.717, 1.165) is 19.2 Å². The van der Waals surface area contributed by atoms with Gasteiger partial charge in [-0.2, -0.15) is 17.6 Å². The third-order valence-corrected chi connectivity index (χ3v) is 6.95. The van der Waals surface area contributed by atoms with Crippen LogP contribution in [0.1, 0.15) is 21.6 Å². The van der Waals surface area contributed by atoms with Crippen molar-refractivity contribution in [2.75, 3.05) is 17.8 Å². The quantitative estimate of drug-likeness (QED) is 0.426. The summed E-state index contributed by atoms with van der Waals surface area (Å²) in [6, 6.07) is 5.12. The van der Waals surface area contributed by atoms with E-state index in [9.17, 15) is 39.4 Å². The summed E-state index contributed by atoms with van der Waals surface area (Å²) in [7, 11) is -7.44. The molecule has 2 N–H and O–H groups in total. The van der Waals surface area contributed by atoms with Gasteiger partial charge in [0.1, 0.15) is 10.5 Å². The predicted octanol–water partition coefficient (Wildman–Crippen LogP) is 3.96. The van der Waals surface area contributed by atoms with Gasteiger partial charge in [-0.3, -0.25) is 4.79 Å². The number of ether oxygens (including phenoxy) is 1. The average molecular weight is 566 g/mol. The number of alkyl halides is 3. The predicted molar refractivity (Wildman–Crippen MR) is 119 cm³/mol. The molecule has 0 aliphatic carbocycles. The lowest BCUT2D eigenvalue weighted by atomic mass is 10.1. The summed E-state index contributed by atoms with van der Waals surface area (Å²) < 4.78 is 117. The Morgan fingerprint density at radius 2 is 1.70 bits per heavy atom. The number of amides is 1. The van der Waals surface area contributed by atoms with Crippen molar-refractivity contribution >= 4 is 31.2 Å². The van der Waals surface area contributed by atoms with Crippen molar-refractivity contribution in [1.29, 1.82) is 4.78 Å². The number of sulfone groups is 1. The molecule has 0 aliphatic heterocycles. The van der Waals surface area contributed by atoms with Crippen LogP contribution in [0, 0.1) is 23.3 Å². The lowest BCUT2D eigenvalue weighted by molar-refractivity contribution is -0.142. The summed E-state index contributed by atoms with van der Waals surface area (Å²) in [4.78, 5) is 15.2. The van der Waals surface area contributed by atoms with Crippen molar-refractivity contribution in [2.24, 2.45) is 0 Å². The molecule has 2 aromatic heterocycles. The molecule has 0 saturated heterocycles. The first-order chi connectivity index (χ1) is 16.9. The molecular weight excluding hydrogens is 549 g/mol. The summed E-state index contributed by atoms with van der Waals surface area (Å²) in [5.74, 6) is -7.27. The van der Waals surface area contributed by atoms with Crippen molar-refractivity contribution in [3.8, 4) is 11.8 Å². The van der Waals surface area contributed by atoms with Gasteiger partial charge in [0.05, 0.1) is 15.9 Å². The highest BCUT2D eigenvalue weighted by molar-refractivity contribution is 7.91. The van der Waals surface area contributed by atoms with Crippen molar-refractivity contribution in [3.63, 3.8) is 0 Å². The summed E-state index contributed by atoms with van der Waals surface area (Å²) in [6.07, 6.45) is -2.94. The van der Waals surface area contributed by atoms with Crippen LogP contribution in [0.15, 0.2) is 40.3 Å². The van der Waals surface area contributed by atoms with Gasteiger partial charge in [0, 0.05) is 23.1 Å². The number of rotatable bonds is 6. The normalized spacial score (nSPS) is 13.6. The number of hydrogen-bond donors (Lipinski definition) is 2. The van der Waals surface area contributed by atoms with Gasteiger partial charge in [-0.15, -0.1) is 10.2 Å². The van der Waals surface area contributed by atoms with Crippen LogP contribution in [0.25, 0.3) is 0 Å². The molecule has 3 aromatic rings. The Hall–Kier alpha value is -3.73. The van der Waals surface area contributed by atoms with Gasteiger partial charge in [-0.1, -0.05) is 6.07 Å². The fourth-order valence-corrected chi connectivity index (χ4v) is 4.32. The fourth-order valence-electron chi connectivity index (χ4n) is 2.97. The van der Waals surface area contributed by atoms with E-state index in [0.29, 0.717) is 12.5 Å². The van der Waals surface area contributed by atoms with Gasteiger partial charge >= 0.3 is 6.18 Å². The number of nitrogens with zero attached hydrogens (tertiary/aromatic N) is 3. The number of benzene rings is 1. The van der Waals surface area contributed by atoms with Gasteiger partial charge in [0.15, 0.2) is 21.3 Å². The van der Waals surface area contributed by atoms with Crippen LogP contribution in [0.2, 0.25) is 0 Å². The van der Waals surface area contributed by atoms with Crippen LogP contribution in [0.4, 0.5) is 27.6 Å². The number of pyridine rings is 1. The highest BCUT2D eigenvalue weighted by Gasteiger charge is 2.38. The third kappa shape index (κ3) is 5.99. The molecule has 10 nitrogen and oxygen atoms in total. The van der Waals surface area contributed by atoms with Gasteiger partial charge in [0.25, 0.3) is 17.7 Å². The number of nitrogens with one attached hydrogen (secondary N) is 2. The Bertz CT molecular complexity index is 1630. The zero-order chi connectivity index (χ0) is 27.9. The van der Waals surface area contributed by atoms with Gasteiger partial charge in [0.2, 0.25) is 5.82 Å². The molecule has 1 atom stereocenters. The molecule has 0 spiro atoms. The first-order valence-electron chi connectivity index (χ1n) is 9.73. The van der Waals surface area contributed by atoms with Crippen molar-refractivity contribution in [3.05, 3.63) is 58.9 Å². The zero-order valence-corrected chi connectivity index (χ0v) is 20.6. The lowest BCUT2D eigenvalue weighted by Crippen LogP contribution is -2.21. The first-order valence-corrected chi connectivity index (χ1v) is 13.6. The summed E-state index contributed by atoms with van der Waals surface area (Å²) in [6.45, 7) is 0.857. The number of carbonyl (C=O) groups is 1. The van der Waals surface area contributed by atoms with Crippen molar-refractivity contribution < 1.29 is 44.1 Å². The number of aromatic nitrogens is 3. The number of carbonyl (C=O) groups excluding carboxylic acids is 1. The molecular formula is C20H16F5N5O5S2. The average Bonchev–Trinajstić information content (AvgIpc) is 2.74. The van der Waals surface area contributed by atoms with Crippen LogP contribution in [0.3, 0.4) is 0 Å². The molecule has 198 valence electrons. The molecule has 37 heavy (non-hydrogen) atoms. The highest BCUT2D eigenvalue weighted by atomic mass is 32.2. The Labute approximate surface area is 206 Å². The molecule has 0 saturated carbocycles. The van der Waals surface area contributed by atoms with Crippen molar-refractivity contribution in [2.45, 2.75) is 22.9 Å². The minimum Gasteiger partial charge on any atom is -0.415 e. The van der Waals surface area contributed by atoms with E-state index in [-0.39, 0.29) is 10.6 Å². The SMILES string of the molecule is Cc1c(C(F)(F)F)nnc(Oc2ncc(S(C)(=O)=O)c(F)c2F)c1C(=O)Nc1cccc(S(C)(=N)=O)c1. The Morgan fingerprint density at radius 3 is 2.27 bits per heavy atom. The number of hydrogen-bond acceptors (Lipinski definition) is 9. The standard InChI is InChI=1S/C20H16F5N5O5S2/c1-9-13(17(31)28-10-5-4-6-11(7-10)36(2,26)32)18(30-29-16(9)20(23,24)25)35-19-15(22)14(21)12(8-27-19)37(3,33)34/h4-8,26H,1-3H3,(H,28,31). The second-order valence-electron chi connectivity index (χ2n) is 7.61. The summed E-state index contributed by atoms with van der Waals surface area (Å²) in [5, 5.41) is 8.40. The molecule has 1 aromatic carbocycles. The van der Waals surface area contributed by atoms with E-state index in [1.165, 1.54) is 18.2 Å². The molecule has 3 rings (SSSR count). The largest absolute Gasteiger partial charge is 0.435 e. The van der Waals surface area contributed by atoms with Crippen LogP contribution in [-0.2, 0) is 25.7 Å². The minimum absolute atomic E-state index is 0.00930. The zero-order valence-electron chi connectivity index (χ0n) is 19.0. The van der Waals surface area contributed by atoms with Crippen LogP contribution < -0.4 is 10.1 Å². The maximum absolute atomic E-state index is 14.5. The maximum atomic E-state index is 14.5. The van der Waals surface area contributed by atoms with E-state index in [4.69, 9.17) is 9.52 Å². The third-order valence-electron chi connectivity index (χ3n) is 4.71. The molecule has 0 radical (unpaired) electrons. The molecule has 1 amide bonds. The Balaban J connectivity index is 2.12. The highest BCUT2D eigenvalue weighted by Crippen LogP contribution is 2.35. The summed E-state index contributed by atoms with van der Waals surface area (Å²) >= 11 is 0. The van der Waals surface area contributed by atoms with Gasteiger partial charge in [-0.05, 0) is 30.7 Å². The molecule has 2 heterocycles. The molecule has 0 aliphatic rings. The first kappa shape index (κ1) is 27.9. The topological polar surface area (TPSA) is 152 Å². The monoisotopic (exact) mass is 565 g/mol. The molecule has 0 fully saturated rings. The lowest BCUT2D eigenvalue weighted by Gasteiger charge is -2.16. The number of halogens is 5. The van der Waals surface area contributed by atoms with E-state index in [2.05, 4.69) is 20.5 Å². The van der Waals surface area contributed by atoms with Crippen LogP contribution in [0.5, 0.6) is 11.8 Å². The van der Waals surface area contributed by atoms with E-state index in [1.54, 1.807) is 0 Å². The molecule has 1 unspecified atom stereocenters. The molecule has 17 heteroatoms.